The molecule has 0 saturated heterocycles. The number of fused-ring (bicyclic) bond motifs is 6. The number of aryl methyl sites for hydroxylation is 1. The molecule has 1 heterocycles. The first-order chi connectivity index (χ1) is 26.0. The molecular weight excluding hydrogens is 643 g/mol. The summed E-state index contributed by atoms with van der Waals surface area (Å²) in [7, 11) is 0. The summed E-state index contributed by atoms with van der Waals surface area (Å²) in [5.74, 6) is 1.09. The highest BCUT2D eigenvalue weighted by atomic mass is 16.3. The lowest BCUT2D eigenvalue weighted by Crippen LogP contribution is -2.16. The van der Waals surface area contributed by atoms with Crippen molar-refractivity contribution >= 4 is 34.1 Å². The lowest BCUT2D eigenvalue weighted by molar-refractivity contribution is 0.546. The number of anilines is 3. The summed E-state index contributed by atoms with van der Waals surface area (Å²) >= 11 is 0. The van der Waals surface area contributed by atoms with Gasteiger partial charge in [0, 0.05) is 39.8 Å². The minimum absolute atomic E-state index is 0.0953. The molecule has 0 spiro atoms. The van der Waals surface area contributed by atoms with Gasteiger partial charge in [-0.2, -0.15) is 0 Å². The van der Waals surface area contributed by atoms with E-state index in [0.717, 1.165) is 46.8 Å². The average molecular weight is 682 g/mol. The van der Waals surface area contributed by atoms with E-state index >= 15 is 0 Å². The summed E-state index contributed by atoms with van der Waals surface area (Å²) in [5.41, 5.74) is 18.0. The Morgan fingerprint density at radius 2 is 1.06 bits per heavy atom. The summed E-state index contributed by atoms with van der Waals surface area (Å²) in [4.78, 5) is 2.39. The van der Waals surface area contributed by atoms with Crippen molar-refractivity contribution < 1.29 is 4.42 Å². The molecule has 0 amide bonds. The summed E-state index contributed by atoms with van der Waals surface area (Å²) in [6.45, 7) is 4.70. The molecule has 2 aliphatic rings. The van der Waals surface area contributed by atoms with E-state index in [4.69, 9.17) is 4.42 Å². The van der Waals surface area contributed by atoms with Crippen LogP contribution >= 0.6 is 0 Å². The second kappa shape index (κ2) is 12.4. The Kier molecular flexibility index (Phi) is 7.33. The normalized spacial score (nSPS) is 13.8. The Labute approximate surface area is 311 Å². The number of hydrogen-bond acceptors (Lipinski definition) is 2. The number of allylic oxidation sites excluding steroid dienone is 1. The maximum Gasteiger partial charge on any atom is 0.135 e. The number of benzene rings is 7. The molecule has 0 aliphatic heterocycles. The van der Waals surface area contributed by atoms with Crippen LogP contribution in [0.1, 0.15) is 42.7 Å². The summed E-state index contributed by atoms with van der Waals surface area (Å²) in [6, 6.07) is 59.8. The first kappa shape index (κ1) is 31.4. The molecule has 0 bridgehead atoms. The Hall–Kier alpha value is -6.38. The number of rotatable bonds is 6. The number of hydrogen-bond donors (Lipinski definition) is 0. The molecule has 1 aromatic heterocycles. The average Bonchev–Trinajstić information content (AvgIpc) is 3.70. The highest BCUT2D eigenvalue weighted by Gasteiger charge is 2.35. The topological polar surface area (TPSA) is 16.4 Å². The maximum atomic E-state index is 6.48. The van der Waals surface area contributed by atoms with Crippen molar-refractivity contribution in [3.8, 4) is 44.5 Å². The first-order valence-electron chi connectivity index (χ1n) is 18.6. The molecule has 0 atom stereocenters. The van der Waals surface area contributed by atoms with Gasteiger partial charge in [-0.25, -0.2) is 0 Å². The monoisotopic (exact) mass is 681 g/mol. The van der Waals surface area contributed by atoms with Gasteiger partial charge in [0.25, 0.3) is 0 Å². The van der Waals surface area contributed by atoms with Crippen LogP contribution in [-0.4, -0.2) is 0 Å². The van der Waals surface area contributed by atoms with Crippen LogP contribution in [0.4, 0.5) is 17.1 Å². The zero-order valence-electron chi connectivity index (χ0n) is 30.0. The molecule has 8 aromatic rings. The van der Waals surface area contributed by atoms with Crippen molar-refractivity contribution in [2.45, 2.75) is 32.1 Å². The van der Waals surface area contributed by atoms with Gasteiger partial charge < -0.3 is 9.32 Å². The lowest BCUT2D eigenvalue weighted by atomic mass is 9.82. The summed E-state index contributed by atoms with van der Waals surface area (Å²) < 4.78 is 6.48. The van der Waals surface area contributed by atoms with E-state index in [1.165, 1.54) is 61.0 Å². The van der Waals surface area contributed by atoms with Crippen molar-refractivity contribution in [2.75, 3.05) is 4.90 Å². The van der Waals surface area contributed by atoms with Gasteiger partial charge in [-0.05, 0) is 111 Å². The van der Waals surface area contributed by atoms with Crippen LogP contribution in [0.5, 0.6) is 0 Å². The van der Waals surface area contributed by atoms with Crippen LogP contribution in [0.25, 0.3) is 61.6 Å². The Bertz CT molecular complexity index is 2660. The predicted octanol–water partition coefficient (Wildman–Crippen LogP) is 14.2. The molecule has 254 valence electrons. The van der Waals surface area contributed by atoms with Crippen molar-refractivity contribution in [1.29, 1.82) is 0 Å². The van der Waals surface area contributed by atoms with Gasteiger partial charge >= 0.3 is 0 Å². The van der Waals surface area contributed by atoms with Gasteiger partial charge in [-0.15, -0.1) is 0 Å². The van der Waals surface area contributed by atoms with E-state index < -0.39 is 0 Å². The molecule has 10 rings (SSSR count). The third-order valence-corrected chi connectivity index (χ3v) is 11.3. The number of nitrogens with zero attached hydrogens (tertiary/aromatic N) is 1. The van der Waals surface area contributed by atoms with Gasteiger partial charge in [0.1, 0.15) is 11.3 Å². The maximum absolute atomic E-state index is 6.48. The van der Waals surface area contributed by atoms with Gasteiger partial charge in [0.15, 0.2) is 0 Å². The summed E-state index contributed by atoms with van der Waals surface area (Å²) in [5, 5.41) is 1.18. The smallest absolute Gasteiger partial charge is 0.135 e. The van der Waals surface area contributed by atoms with E-state index in [2.05, 4.69) is 195 Å². The molecule has 2 heteroatoms. The molecule has 0 N–H and O–H groups in total. The third-order valence-electron chi connectivity index (χ3n) is 11.3. The molecular formula is C51H39NO. The van der Waals surface area contributed by atoms with Crippen molar-refractivity contribution in [2.24, 2.45) is 0 Å². The van der Waals surface area contributed by atoms with E-state index in [1.807, 2.05) is 0 Å². The van der Waals surface area contributed by atoms with Gasteiger partial charge in [0.2, 0.25) is 0 Å². The fourth-order valence-corrected chi connectivity index (χ4v) is 8.59. The SMILES string of the molecule is CC1(C)c2ccccc2-c2ccc(N(c3ccc(-c4ccccc4)cc3)c3ccc(-c4cc5oc6c(c5cc4-c4ccccc4)C=CCC6)cc3)cc21. The van der Waals surface area contributed by atoms with Crippen LogP contribution in [0.15, 0.2) is 174 Å². The van der Waals surface area contributed by atoms with Crippen LogP contribution in [0.3, 0.4) is 0 Å². The van der Waals surface area contributed by atoms with E-state index in [-0.39, 0.29) is 5.41 Å². The second-order valence-electron chi connectivity index (χ2n) is 14.8. The predicted molar refractivity (Wildman–Crippen MR) is 222 cm³/mol. The minimum atomic E-state index is -0.0953. The molecule has 0 radical (unpaired) electrons. The lowest BCUT2D eigenvalue weighted by Gasteiger charge is -2.28. The van der Waals surface area contributed by atoms with E-state index in [1.54, 1.807) is 0 Å². The quantitative estimate of drug-likeness (QED) is 0.174. The molecule has 7 aromatic carbocycles. The highest BCUT2D eigenvalue weighted by molar-refractivity contribution is 5.99. The van der Waals surface area contributed by atoms with Crippen LogP contribution in [0.2, 0.25) is 0 Å². The minimum Gasteiger partial charge on any atom is -0.460 e. The Morgan fingerprint density at radius 3 is 1.79 bits per heavy atom. The van der Waals surface area contributed by atoms with Crippen LogP contribution in [0, 0.1) is 0 Å². The van der Waals surface area contributed by atoms with Crippen molar-refractivity contribution in [3.63, 3.8) is 0 Å². The highest BCUT2D eigenvalue weighted by Crippen LogP contribution is 2.51. The third kappa shape index (κ3) is 5.25. The standard InChI is InChI=1S/C51H39NO/c1-51(2)47-19-11-9-17-41(47)42-30-29-40(31-48(42)51)52(38-25-21-35(22-26-38)34-13-5-3-6-14-34)39-27-23-37(24-28-39)45-33-50-46(43-18-10-12-20-49(43)53-50)32-44(45)36-15-7-4-8-16-36/h3-11,13-19,21-33H,12,20H2,1-2H3. The fraction of sp³-hybridized carbons (Fsp3) is 0.0980. The van der Waals surface area contributed by atoms with E-state index in [9.17, 15) is 0 Å². The van der Waals surface area contributed by atoms with E-state index in [0.29, 0.717) is 0 Å². The molecule has 0 saturated carbocycles. The summed E-state index contributed by atoms with van der Waals surface area (Å²) in [6.07, 6.45) is 6.45. The fourth-order valence-electron chi connectivity index (χ4n) is 8.59. The largest absolute Gasteiger partial charge is 0.460 e. The van der Waals surface area contributed by atoms with Crippen LogP contribution in [-0.2, 0) is 11.8 Å². The van der Waals surface area contributed by atoms with Gasteiger partial charge in [-0.1, -0.05) is 141 Å². The molecule has 2 nitrogen and oxygen atoms in total. The zero-order chi connectivity index (χ0) is 35.5. The second-order valence-corrected chi connectivity index (χ2v) is 14.8. The zero-order valence-corrected chi connectivity index (χ0v) is 30.0. The first-order valence-corrected chi connectivity index (χ1v) is 18.6. The van der Waals surface area contributed by atoms with Gasteiger partial charge in [0.05, 0.1) is 0 Å². The van der Waals surface area contributed by atoms with Crippen molar-refractivity contribution in [1.82, 2.24) is 0 Å². The number of furan rings is 1. The Morgan fingerprint density at radius 1 is 0.491 bits per heavy atom. The molecule has 53 heavy (non-hydrogen) atoms. The van der Waals surface area contributed by atoms with Crippen LogP contribution < -0.4 is 4.90 Å². The Balaban J connectivity index is 1.10. The van der Waals surface area contributed by atoms with Crippen molar-refractivity contribution in [3.05, 3.63) is 192 Å². The molecule has 0 unspecified atom stereocenters. The molecule has 0 fully saturated rings. The molecule has 2 aliphatic carbocycles. The van der Waals surface area contributed by atoms with Gasteiger partial charge in [-0.3, -0.25) is 0 Å².